The SMILES string of the molecule is CCc1cc(C(=O)NC2c3ccccc3CC2O)n(C)n1. The molecule has 5 nitrogen and oxygen atoms in total. The lowest BCUT2D eigenvalue weighted by Crippen LogP contribution is -2.34. The summed E-state index contributed by atoms with van der Waals surface area (Å²) >= 11 is 0. The van der Waals surface area contributed by atoms with Crippen LogP contribution in [0.4, 0.5) is 0 Å². The molecule has 1 amide bonds. The zero-order valence-electron chi connectivity index (χ0n) is 12.2. The van der Waals surface area contributed by atoms with Crippen LogP contribution in [-0.4, -0.2) is 26.9 Å². The van der Waals surface area contributed by atoms with E-state index in [-0.39, 0.29) is 11.9 Å². The van der Waals surface area contributed by atoms with E-state index in [0.29, 0.717) is 12.1 Å². The maximum Gasteiger partial charge on any atom is 0.270 e. The highest BCUT2D eigenvalue weighted by atomic mass is 16.3. The molecule has 0 saturated heterocycles. The van der Waals surface area contributed by atoms with Crippen molar-refractivity contribution in [1.82, 2.24) is 15.1 Å². The molecule has 0 radical (unpaired) electrons. The number of rotatable bonds is 3. The van der Waals surface area contributed by atoms with Gasteiger partial charge in [-0.3, -0.25) is 9.48 Å². The fourth-order valence-electron chi connectivity index (χ4n) is 2.87. The highest BCUT2D eigenvalue weighted by Gasteiger charge is 2.32. The van der Waals surface area contributed by atoms with E-state index < -0.39 is 6.10 Å². The number of benzene rings is 1. The Balaban J connectivity index is 1.83. The average Bonchev–Trinajstić information content (AvgIpc) is 3.00. The summed E-state index contributed by atoms with van der Waals surface area (Å²) in [6, 6.07) is 9.26. The largest absolute Gasteiger partial charge is 0.390 e. The number of aryl methyl sites for hydroxylation is 2. The van der Waals surface area contributed by atoms with Crippen molar-refractivity contribution >= 4 is 5.91 Å². The third-order valence-electron chi connectivity index (χ3n) is 4.02. The Morgan fingerprint density at radius 1 is 1.48 bits per heavy atom. The number of amides is 1. The number of hydrogen-bond acceptors (Lipinski definition) is 3. The molecule has 1 heterocycles. The summed E-state index contributed by atoms with van der Waals surface area (Å²) in [4.78, 5) is 12.4. The van der Waals surface area contributed by atoms with E-state index in [1.165, 1.54) is 0 Å². The first-order valence-corrected chi connectivity index (χ1v) is 7.19. The molecule has 1 aromatic heterocycles. The van der Waals surface area contributed by atoms with Crippen molar-refractivity contribution in [3.05, 3.63) is 52.8 Å². The lowest BCUT2D eigenvalue weighted by molar-refractivity contribution is 0.0849. The van der Waals surface area contributed by atoms with Crippen LogP contribution in [0.15, 0.2) is 30.3 Å². The average molecular weight is 285 g/mol. The molecule has 1 aliphatic carbocycles. The Morgan fingerprint density at radius 3 is 2.95 bits per heavy atom. The topological polar surface area (TPSA) is 67.2 Å². The van der Waals surface area contributed by atoms with Crippen molar-refractivity contribution < 1.29 is 9.90 Å². The molecule has 21 heavy (non-hydrogen) atoms. The standard InChI is InChI=1S/C16H19N3O2/c1-3-11-9-13(19(2)18-11)16(21)17-15-12-7-5-4-6-10(12)8-14(15)20/h4-7,9,14-15,20H,3,8H2,1-2H3,(H,17,21). The quantitative estimate of drug-likeness (QED) is 0.895. The minimum atomic E-state index is -0.578. The van der Waals surface area contributed by atoms with Gasteiger partial charge in [0.25, 0.3) is 5.91 Å². The van der Waals surface area contributed by atoms with Gasteiger partial charge in [0, 0.05) is 13.5 Å². The molecule has 2 unspecified atom stereocenters. The van der Waals surface area contributed by atoms with Crippen LogP contribution in [0.5, 0.6) is 0 Å². The first-order chi connectivity index (χ1) is 10.1. The van der Waals surface area contributed by atoms with E-state index in [4.69, 9.17) is 0 Å². The molecule has 0 bridgehead atoms. The molecule has 2 N–H and O–H groups in total. The van der Waals surface area contributed by atoms with Crippen molar-refractivity contribution in [3.63, 3.8) is 0 Å². The van der Waals surface area contributed by atoms with E-state index in [1.807, 2.05) is 31.2 Å². The first-order valence-electron chi connectivity index (χ1n) is 7.19. The summed E-state index contributed by atoms with van der Waals surface area (Å²) in [6.45, 7) is 2.00. The Morgan fingerprint density at radius 2 is 2.24 bits per heavy atom. The van der Waals surface area contributed by atoms with Crippen LogP contribution in [0.25, 0.3) is 0 Å². The second-order valence-electron chi connectivity index (χ2n) is 5.42. The van der Waals surface area contributed by atoms with Gasteiger partial charge in [-0.2, -0.15) is 5.10 Å². The van der Waals surface area contributed by atoms with E-state index in [1.54, 1.807) is 17.8 Å². The van der Waals surface area contributed by atoms with Crippen molar-refractivity contribution in [3.8, 4) is 0 Å². The summed E-state index contributed by atoms with van der Waals surface area (Å²) in [5.74, 6) is -0.203. The van der Waals surface area contributed by atoms with Gasteiger partial charge in [0.15, 0.2) is 0 Å². The molecule has 110 valence electrons. The molecule has 2 aromatic rings. The normalized spacial score (nSPS) is 20.3. The number of hydrogen-bond donors (Lipinski definition) is 2. The van der Waals surface area contributed by atoms with Gasteiger partial charge in [-0.1, -0.05) is 31.2 Å². The van der Waals surface area contributed by atoms with Gasteiger partial charge < -0.3 is 10.4 Å². The second kappa shape index (κ2) is 5.33. The molecule has 5 heteroatoms. The summed E-state index contributed by atoms with van der Waals surface area (Å²) in [5.41, 5.74) is 3.49. The number of nitrogens with one attached hydrogen (secondary N) is 1. The summed E-state index contributed by atoms with van der Waals surface area (Å²) in [5, 5.41) is 17.4. The molecule has 1 aliphatic rings. The van der Waals surface area contributed by atoms with Crippen LogP contribution in [0.2, 0.25) is 0 Å². The van der Waals surface area contributed by atoms with Crippen molar-refractivity contribution in [2.24, 2.45) is 7.05 Å². The smallest absolute Gasteiger partial charge is 0.270 e. The molecule has 0 spiro atoms. The summed E-state index contributed by atoms with van der Waals surface area (Å²) < 4.78 is 1.58. The van der Waals surface area contributed by atoms with E-state index >= 15 is 0 Å². The molecule has 2 atom stereocenters. The van der Waals surface area contributed by atoms with Crippen molar-refractivity contribution in [1.29, 1.82) is 0 Å². The first kappa shape index (κ1) is 13.8. The van der Waals surface area contributed by atoms with Gasteiger partial charge in [-0.05, 0) is 23.6 Å². The van der Waals surface area contributed by atoms with Gasteiger partial charge in [-0.25, -0.2) is 0 Å². The van der Waals surface area contributed by atoms with Crippen LogP contribution in [0.3, 0.4) is 0 Å². The minimum absolute atomic E-state index is 0.203. The third-order valence-corrected chi connectivity index (χ3v) is 4.02. The van der Waals surface area contributed by atoms with Crippen LogP contribution in [-0.2, 0) is 19.9 Å². The van der Waals surface area contributed by atoms with Crippen LogP contribution in [0.1, 0.15) is 40.3 Å². The molecular formula is C16H19N3O2. The second-order valence-corrected chi connectivity index (χ2v) is 5.42. The third kappa shape index (κ3) is 2.45. The van der Waals surface area contributed by atoms with E-state index in [0.717, 1.165) is 23.2 Å². The fraction of sp³-hybridized carbons (Fsp3) is 0.375. The predicted molar refractivity (Wildman–Crippen MR) is 78.9 cm³/mol. The number of fused-ring (bicyclic) bond motifs is 1. The monoisotopic (exact) mass is 285 g/mol. The van der Waals surface area contributed by atoms with Gasteiger partial charge in [0.05, 0.1) is 17.8 Å². The van der Waals surface area contributed by atoms with E-state index in [2.05, 4.69) is 10.4 Å². The zero-order valence-corrected chi connectivity index (χ0v) is 12.2. The number of carbonyl (C=O) groups excluding carboxylic acids is 1. The molecule has 3 rings (SSSR count). The molecular weight excluding hydrogens is 266 g/mol. The summed E-state index contributed by atoms with van der Waals surface area (Å²) in [6.07, 6.45) is 0.785. The highest BCUT2D eigenvalue weighted by molar-refractivity contribution is 5.93. The lowest BCUT2D eigenvalue weighted by atomic mass is 10.1. The number of nitrogens with zero attached hydrogens (tertiary/aromatic N) is 2. The number of carbonyl (C=O) groups is 1. The number of aliphatic hydroxyl groups is 1. The van der Waals surface area contributed by atoms with Crippen LogP contribution < -0.4 is 5.32 Å². The van der Waals surface area contributed by atoms with Crippen LogP contribution in [0, 0.1) is 0 Å². The Kier molecular flexibility index (Phi) is 3.51. The maximum absolute atomic E-state index is 12.4. The minimum Gasteiger partial charge on any atom is -0.390 e. The molecule has 1 aromatic carbocycles. The highest BCUT2D eigenvalue weighted by Crippen LogP contribution is 2.31. The molecule has 0 saturated carbocycles. The molecule has 0 fully saturated rings. The van der Waals surface area contributed by atoms with Crippen molar-refractivity contribution in [2.75, 3.05) is 0 Å². The zero-order chi connectivity index (χ0) is 15.0. The maximum atomic E-state index is 12.4. The summed E-state index contributed by atoms with van der Waals surface area (Å²) in [7, 11) is 1.76. The van der Waals surface area contributed by atoms with E-state index in [9.17, 15) is 9.90 Å². The van der Waals surface area contributed by atoms with Crippen molar-refractivity contribution in [2.45, 2.75) is 31.9 Å². The van der Waals surface area contributed by atoms with Gasteiger partial charge >= 0.3 is 0 Å². The Bertz CT molecular complexity index is 678. The fourth-order valence-corrected chi connectivity index (χ4v) is 2.87. The van der Waals surface area contributed by atoms with Gasteiger partial charge in [-0.15, -0.1) is 0 Å². The van der Waals surface area contributed by atoms with Gasteiger partial charge in [0.2, 0.25) is 0 Å². The lowest BCUT2D eigenvalue weighted by Gasteiger charge is -2.17. The number of aromatic nitrogens is 2. The number of aliphatic hydroxyl groups excluding tert-OH is 1. The Labute approximate surface area is 123 Å². The van der Waals surface area contributed by atoms with Crippen LogP contribution >= 0.6 is 0 Å². The molecule has 0 aliphatic heterocycles. The predicted octanol–water partition coefficient (Wildman–Crippen LogP) is 1.37. The Hall–Kier alpha value is -2.14. The van der Waals surface area contributed by atoms with Gasteiger partial charge in [0.1, 0.15) is 5.69 Å².